The average molecular weight is 247 g/mol. The van der Waals surface area contributed by atoms with E-state index in [0.717, 1.165) is 19.6 Å². The molecule has 2 heterocycles. The van der Waals surface area contributed by atoms with Crippen LogP contribution in [0.4, 0.5) is 5.82 Å². The summed E-state index contributed by atoms with van der Waals surface area (Å²) in [6.45, 7) is 11.3. The number of hydrogen-bond acceptors (Lipinski definition) is 3. The summed E-state index contributed by atoms with van der Waals surface area (Å²) in [4.78, 5) is 9.49. The standard InChI is InChI=1S/C15H25N3/c1-15(2,3)13-7-5-8-16-14(13)18-10-6-9-17(4)11-12-18/h5,7-8H,6,9-12H2,1-4H3. The fourth-order valence-electron chi connectivity index (χ4n) is 2.49. The average Bonchev–Trinajstić information content (AvgIpc) is 2.53. The third kappa shape index (κ3) is 3.02. The van der Waals surface area contributed by atoms with Gasteiger partial charge in [-0.05, 0) is 31.5 Å². The summed E-state index contributed by atoms with van der Waals surface area (Å²) >= 11 is 0. The highest BCUT2D eigenvalue weighted by Gasteiger charge is 2.23. The van der Waals surface area contributed by atoms with Gasteiger partial charge in [-0.1, -0.05) is 26.8 Å². The maximum absolute atomic E-state index is 4.64. The first-order valence-corrected chi connectivity index (χ1v) is 6.87. The number of anilines is 1. The van der Waals surface area contributed by atoms with E-state index in [-0.39, 0.29) is 5.41 Å². The molecule has 1 fully saturated rings. The number of likely N-dealkylation sites (N-methyl/N-ethyl adjacent to an activating group) is 1. The van der Waals surface area contributed by atoms with Gasteiger partial charge < -0.3 is 9.80 Å². The van der Waals surface area contributed by atoms with Gasteiger partial charge in [0.25, 0.3) is 0 Å². The Morgan fingerprint density at radius 2 is 1.89 bits per heavy atom. The Labute approximate surface area is 111 Å². The SMILES string of the molecule is CN1CCCN(c2ncccc2C(C)(C)C)CC1. The number of pyridine rings is 1. The predicted molar refractivity (Wildman–Crippen MR) is 77.3 cm³/mol. The van der Waals surface area contributed by atoms with Gasteiger partial charge in [0.1, 0.15) is 5.82 Å². The summed E-state index contributed by atoms with van der Waals surface area (Å²) in [5.41, 5.74) is 1.51. The van der Waals surface area contributed by atoms with Gasteiger partial charge in [-0.3, -0.25) is 0 Å². The number of rotatable bonds is 1. The van der Waals surface area contributed by atoms with Crippen molar-refractivity contribution in [3.63, 3.8) is 0 Å². The largest absolute Gasteiger partial charge is 0.355 e. The van der Waals surface area contributed by atoms with E-state index in [4.69, 9.17) is 0 Å². The molecule has 1 aromatic heterocycles. The van der Waals surface area contributed by atoms with E-state index in [1.807, 2.05) is 12.3 Å². The van der Waals surface area contributed by atoms with Gasteiger partial charge in [0, 0.05) is 31.4 Å². The molecule has 0 saturated carbocycles. The third-order valence-corrected chi connectivity index (χ3v) is 3.61. The fraction of sp³-hybridized carbons (Fsp3) is 0.667. The minimum atomic E-state index is 0.155. The third-order valence-electron chi connectivity index (χ3n) is 3.61. The molecule has 0 amide bonds. The fourth-order valence-corrected chi connectivity index (χ4v) is 2.49. The van der Waals surface area contributed by atoms with Crippen molar-refractivity contribution in [2.24, 2.45) is 0 Å². The van der Waals surface area contributed by atoms with Crippen LogP contribution in [0.2, 0.25) is 0 Å². The molecule has 0 aliphatic carbocycles. The van der Waals surface area contributed by atoms with Crippen LogP contribution in [-0.4, -0.2) is 43.1 Å². The Balaban J connectivity index is 2.27. The molecule has 0 spiro atoms. The quantitative estimate of drug-likeness (QED) is 0.760. The summed E-state index contributed by atoms with van der Waals surface area (Å²) in [6, 6.07) is 4.27. The van der Waals surface area contributed by atoms with Crippen LogP contribution in [0.15, 0.2) is 18.3 Å². The van der Waals surface area contributed by atoms with Crippen LogP contribution >= 0.6 is 0 Å². The summed E-state index contributed by atoms with van der Waals surface area (Å²) < 4.78 is 0. The molecule has 0 unspecified atom stereocenters. The zero-order valence-corrected chi connectivity index (χ0v) is 12.1. The molecule has 2 rings (SSSR count). The molecule has 0 atom stereocenters. The van der Waals surface area contributed by atoms with Crippen molar-refractivity contribution in [2.45, 2.75) is 32.6 Å². The first-order valence-electron chi connectivity index (χ1n) is 6.87. The maximum Gasteiger partial charge on any atom is 0.132 e. The Morgan fingerprint density at radius 3 is 2.61 bits per heavy atom. The second-order valence-corrected chi connectivity index (χ2v) is 6.27. The second-order valence-electron chi connectivity index (χ2n) is 6.27. The first kappa shape index (κ1) is 13.3. The van der Waals surface area contributed by atoms with Crippen LogP contribution in [0.1, 0.15) is 32.8 Å². The molecule has 1 aliphatic heterocycles. The molecular formula is C15H25N3. The molecule has 0 aromatic carbocycles. The van der Waals surface area contributed by atoms with E-state index in [9.17, 15) is 0 Å². The second kappa shape index (κ2) is 5.27. The van der Waals surface area contributed by atoms with Crippen molar-refractivity contribution in [2.75, 3.05) is 38.1 Å². The lowest BCUT2D eigenvalue weighted by atomic mass is 9.87. The molecule has 3 nitrogen and oxygen atoms in total. The number of nitrogens with zero attached hydrogens (tertiary/aromatic N) is 3. The Kier molecular flexibility index (Phi) is 3.91. The van der Waals surface area contributed by atoms with Gasteiger partial charge in [0.2, 0.25) is 0 Å². The molecule has 1 saturated heterocycles. The zero-order valence-electron chi connectivity index (χ0n) is 12.1. The molecular weight excluding hydrogens is 222 g/mol. The van der Waals surface area contributed by atoms with Crippen molar-refractivity contribution in [3.8, 4) is 0 Å². The lowest BCUT2D eigenvalue weighted by Gasteiger charge is -2.29. The Hall–Kier alpha value is -1.09. The van der Waals surface area contributed by atoms with Gasteiger partial charge in [0.15, 0.2) is 0 Å². The molecule has 100 valence electrons. The summed E-state index contributed by atoms with van der Waals surface area (Å²) in [7, 11) is 2.20. The van der Waals surface area contributed by atoms with Crippen LogP contribution in [-0.2, 0) is 5.41 Å². The highest BCUT2D eigenvalue weighted by atomic mass is 15.2. The topological polar surface area (TPSA) is 19.4 Å². The summed E-state index contributed by atoms with van der Waals surface area (Å²) in [5.74, 6) is 1.18. The maximum atomic E-state index is 4.64. The molecule has 0 N–H and O–H groups in total. The van der Waals surface area contributed by atoms with E-state index >= 15 is 0 Å². The smallest absolute Gasteiger partial charge is 0.132 e. The van der Waals surface area contributed by atoms with Gasteiger partial charge in [-0.25, -0.2) is 4.98 Å². The van der Waals surface area contributed by atoms with Crippen LogP contribution in [0.3, 0.4) is 0 Å². The van der Waals surface area contributed by atoms with Crippen molar-refractivity contribution >= 4 is 5.82 Å². The predicted octanol–water partition coefficient (Wildman–Crippen LogP) is 2.52. The number of aromatic nitrogens is 1. The van der Waals surface area contributed by atoms with E-state index in [1.165, 1.54) is 24.3 Å². The van der Waals surface area contributed by atoms with Crippen LogP contribution in [0, 0.1) is 0 Å². The molecule has 0 bridgehead atoms. The summed E-state index contributed by atoms with van der Waals surface area (Å²) in [6.07, 6.45) is 3.13. The zero-order chi connectivity index (χ0) is 13.2. The van der Waals surface area contributed by atoms with Crippen LogP contribution < -0.4 is 4.90 Å². The minimum Gasteiger partial charge on any atom is -0.355 e. The Morgan fingerprint density at radius 1 is 1.11 bits per heavy atom. The van der Waals surface area contributed by atoms with Crippen LogP contribution in [0.25, 0.3) is 0 Å². The molecule has 0 radical (unpaired) electrons. The number of hydrogen-bond donors (Lipinski definition) is 0. The van der Waals surface area contributed by atoms with E-state index in [2.05, 4.69) is 48.7 Å². The van der Waals surface area contributed by atoms with Gasteiger partial charge in [-0.15, -0.1) is 0 Å². The Bertz CT molecular complexity index is 395. The lowest BCUT2D eigenvalue weighted by Crippen LogP contribution is -2.31. The van der Waals surface area contributed by atoms with Gasteiger partial charge in [0.05, 0.1) is 0 Å². The minimum absolute atomic E-state index is 0.155. The van der Waals surface area contributed by atoms with Crippen LogP contribution in [0.5, 0.6) is 0 Å². The molecule has 1 aliphatic rings. The first-order chi connectivity index (χ1) is 8.48. The van der Waals surface area contributed by atoms with Gasteiger partial charge in [-0.2, -0.15) is 0 Å². The normalized spacial score (nSPS) is 18.8. The van der Waals surface area contributed by atoms with Crippen molar-refractivity contribution in [1.29, 1.82) is 0 Å². The van der Waals surface area contributed by atoms with E-state index < -0.39 is 0 Å². The van der Waals surface area contributed by atoms with E-state index in [0.29, 0.717) is 0 Å². The highest BCUT2D eigenvalue weighted by molar-refractivity contribution is 5.50. The molecule has 3 heteroatoms. The highest BCUT2D eigenvalue weighted by Crippen LogP contribution is 2.30. The summed E-state index contributed by atoms with van der Waals surface area (Å²) in [5, 5.41) is 0. The van der Waals surface area contributed by atoms with Crippen molar-refractivity contribution in [3.05, 3.63) is 23.9 Å². The van der Waals surface area contributed by atoms with Crippen molar-refractivity contribution in [1.82, 2.24) is 9.88 Å². The van der Waals surface area contributed by atoms with E-state index in [1.54, 1.807) is 0 Å². The monoisotopic (exact) mass is 247 g/mol. The molecule has 1 aromatic rings. The van der Waals surface area contributed by atoms with Crippen molar-refractivity contribution < 1.29 is 0 Å². The van der Waals surface area contributed by atoms with Gasteiger partial charge >= 0.3 is 0 Å². The molecule has 18 heavy (non-hydrogen) atoms. The lowest BCUT2D eigenvalue weighted by molar-refractivity contribution is 0.360.